The minimum absolute atomic E-state index is 0.0472. The molecule has 1 atom stereocenters. The first kappa shape index (κ1) is 18.2. The maximum absolute atomic E-state index is 11.9. The molecule has 0 radical (unpaired) electrons. The van der Waals surface area contributed by atoms with E-state index in [1.807, 2.05) is 0 Å². The van der Waals surface area contributed by atoms with Crippen molar-refractivity contribution in [1.82, 2.24) is 15.3 Å². The molecular weight excluding hydrogens is 353 g/mol. The van der Waals surface area contributed by atoms with Crippen LogP contribution in [-0.2, 0) is 9.53 Å². The molecule has 0 saturated carbocycles. The molecule has 1 aromatic carbocycles. The lowest BCUT2D eigenvalue weighted by molar-refractivity contribution is -0.124. The van der Waals surface area contributed by atoms with Gasteiger partial charge in [-0.1, -0.05) is 29.3 Å². The van der Waals surface area contributed by atoms with Crippen LogP contribution >= 0.6 is 23.2 Å². The lowest BCUT2D eigenvalue weighted by Gasteiger charge is -2.15. The molecule has 0 aliphatic carbocycles. The second-order valence-electron chi connectivity index (χ2n) is 5.08. The summed E-state index contributed by atoms with van der Waals surface area (Å²) < 4.78 is 4.91. The Kier molecular flexibility index (Phi) is 6.11. The molecule has 1 N–H and O–H groups in total. The summed E-state index contributed by atoms with van der Waals surface area (Å²) in [6.07, 6.45) is 2.75. The molecule has 1 aromatic heterocycles. The quantitative estimate of drug-likeness (QED) is 0.821. The highest BCUT2D eigenvalue weighted by atomic mass is 35.5. The summed E-state index contributed by atoms with van der Waals surface area (Å²) in [4.78, 5) is 31.5. The zero-order valence-corrected chi connectivity index (χ0v) is 14.6. The van der Waals surface area contributed by atoms with Gasteiger partial charge in [-0.3, -0.25) is 9.78 Å². The van der Waals surface area contributed by atoms with Crippen LogP contribution < -0.4 is 5.32 Å². The summed E-state index contributed by atoms with van der Waals surface area (Å²) in [6.45, 7) is 3.12. The number of carbonyl (C=O) groups excluding carboxylic acids is 2. The van der Waals surface area contributed by atoms with Gasteiger partial charge in [-0.25, -0.2) is 9.78 Å². The molecule has 0 bridgehead atoms. The summed E-state index contributed by atoms with van der Waals surface area (Å²) in [5.41, 5.74) is 1.51. The molecule has 2 aromatic rings. The van der Waals surface area contributed by atoms with Crippen LogP contribution in [0.15, 0.2) is 30.6 Å². The number of rotatable bonds is 5. The monoisotopic (exact) mass is 367 g/mol. The SMILES string of the molecule is Cc1cnc(C(=O)OCC(=O)N[C@H](C)c2ccc(Cl)c(Cl)c2)cn1. The van der Waals surface area contributed by atoms with Gasteiger partial charge in [0.25, 0.3) is 5.91 Å². The van der Waals surface area contributed by atoms with E-state index in [9.17, 15) is 9.59 Å². The standard InChI is InChI=1S/C16H15Cl2N3O3/c1-9-6-20-14(7-19-9)16(23)24-8-15(22)21-10(2)11-3-4-12(17)13(18)5-11/h3-7,10H,8H2,1-2H3,(H,21,22)/t10-/m1/s1. The van der Waals surface area contributed by atoms with Gasteiger partial charge in [0.15, 0.2) is 12.3 Å². The van der Waals surface area contributed by atoms with Crippen LogP contribution in [-0.4, -0.2) is 28.5 Å². The summed E-state index contributed by atoms with van der Waals surface area (Å²) in [5, 5.41) is 3.54. The highest BCUT2D eigenvalue weighted by Gasteiger charge is 2.15. The van der Waals surface area contributed by atoms with Crippen LogP contribution in [0.5, 0.6) is 0 Å². The normalized spacial score (nSPS) is 11.7. The van der Waals surface area contributed by atoms with Gasteiger partial charge < -0.3 is 10.1 Å². The van der Waals surface area contributed by atoms with Crippen molar-refractivity contribution >= 4 is 35.1 Å². The largest absolute Gasteiger partial charge is 0.451 e. The van der Waals surface area contributed by atoms with Gasteiger partial charge in [-0.2, -0.15) is 0 Å². The van der Waals surface area contributed by atoms with Gasteiger partial charge in [-0.05, 0) is 31.5 Å². The number of nitrogens with zero attached hydrogens (tertiary/aromatic N) is 2. The second-order valence-corrected chi connectivity index (χ2v) is 5.90. The van der Waals surface area contributed by atoms with E-state index < -0.39 is 18.5 Å². The predicted octanol–water partition coefficient (Wildman–Crippen LogP) is 3.13. The van der Waals surface area contributed by atoms with Crippen molar-refractivity contribution in [3.8, 4) is 0 Å². The Balaban J connectivity index is 1.87. The van der Waals surface area contributed by atoms with Gasteiger partial charge >= 0.3 is 5.97 Å². The van der Waals surface area contributed by atoms with E-state index in [0.717, 1.165) is 5.56 Å². The van der Waals surface area contributed by atoms with Crippen molar-refractivity contribution < 1.29 is 14.3 Å². The summed E-state index contributed by atoms with van der Waals surface area (Å²) in [5.74, 6) is -1.15. The Labute approximate surface area is 149 Å². The Bertz CT molecular complexity index is 751. The molecule has 0 aliphatic heterocycles. The lowest BCUT2D eigenvalue weighted by atomic mass is 10.1. The first-order valence-corrected chi connectivity index (χ1v) is 7.82. The van der Waals surface area contributed by atoms with Gasteiger partial charge in [-0.15, -0.1) is 0 Å². The lowest BCUT2D eigenvalue weighted by Crippen LogP contribution is -2.31. The molecular formula is C16H15Cl2N3O3. The topological polar surface area (TPSA) is 81.2 Å². The smallest absolute Gasteiger partial charge is 0.359 e. The molecule has 2 rings (SSSR count). The van der Waals surface area contributed by atoms with Crippen LogP contribution in [0.4, 0.5) is 0 Å². The zero-order valence-electron chi connectivity index (χ0n) is 13.0. The van der Waals surface area contributed by atoms with E-state index in [1.54, 1.807) is 32.0 Å². The maximum atomic E-state index is 11.9. The van der Waals surface area contributed by atoms with Crippen molar-refractivity contribution in [2.75, 3.05) is 6.61 Å². The predicted molar refractivity (Wildman–Crippen MR) is 90.1 cm³/mol. The van der Waals surface area contributed by atoms with Crippen LogP contribution in [0.3, 0.4) is 0 Å². The van der Waals surface area contributed by atoms with Crippen molar-refractivity contribution in [1.29, 1.82) is 0 Å². The van der Waals surface area contributed by atoms with E-state index in [0.29, 0.717) is 15.7 Å². The van der Waals surface area contributed by atoms with Gasteiger partial charge in [0, 0.05) is 6.20 Å². The number of carbonyl (C=O) groups is 2. The van der Waals surface area contributed by atoms with Crippen molar-refractivity contribution in [3.63, 3.8) is 0 Å². The van der Waals surface area contributed by atoms with Crippen LogP contribution in [0.1, 0.15) is 34.7 Å². The molecule has 0 fully saturated rings. The Morgan fingerprint density at radius 2 is 1.96 bits per heavy atom. The molecule has 126 valence electrons. The first-order valence-electron chi connectivity index (χ1n) is 7.07. The minimum Gasteiger partial charge on any atom is -0.451 e. The fraction of sp³-hybridized carbons (Fsp3) is 0.250. The third kappa shape index (κ3) is 4.91. The van der Waals surface area contributed by atoms with E-state index in [4.69, 9.17) is 27.9 Å². The fourth-order valence-corrected chi connectivity index (χ4v) is 2.16. The number of aryl methyl sites for hydroxylation is 1. The number of esters is 1. The first-order chi connectivity index (χ1) is 11.4. The maximum Gasteiger partial charge on any atom is 0.359 e. The molecule has 0 spiro atoms. The van der Waals surface area contributed by atoms with Crippen molar-refractivity contribution in [3.05, 3.63) is 57.6 Å². The molecule has 24 heavy (non-hydrogen) atoms. The second kappa shape index (κ2) is 8.08. The molecule has 0 aliphatic rings. The van der Waals surface area contributed by atoms with Gasteiger partial charge in [0.1, 0.15) is 0 Å². The van der Waals surface area contributed by atoms with Gasteiger partial charge in [0.2, 0.25) is 0 Å². The molecule has 0 unspecified atom stereocenters. The third-order valence-corrected chi connectivity index (χ3v) is 3.88. The van der Waals surface area contributed by atoms with Crippen LogP contribution in [0, 0.1) is 6.92 Å². The number of halogens is 2. The number of hydrogen-bond acceptors (Lipinski definition) is 5. The fourth-order valence-electron chi connectivity index (χ4n) is 1.85. The number of nitrogens with one attached hydrogen (secondary N) is 1. The molecule has 0 saturated heterocycles. The minimum atomic E-state index is -0.708. The Hall–Kier alpha value is -2.18. The summed E-state index contributed by atoms with van der Waals surface area (Å²) >= 11 is 11.8. The van der Waals surface area contributed by atoms with Crippen LogP contribution in [0.25, 0.3) is 0 Å². The molecule has 1 amide bonds. The number of hydrogen-bond donors (Lipinski definition) is 1. The average Bonchev–Trinajstić information content (AvgIpc) is 2.55. The van der Waals surface area contributed by atoms with E-state index >= 15 is 0 Å². The Morgan fingerprint density at radius 1 is 1.21 bits per heavy atom. The summed E-state index contributed by atoms with van der Waals surface area (Å²) in [7, 11) is 0. The zero-order chi connectivity index (χ0) is 17.7. The number of ether oxygens (including phenoxy) is 1. The number of aromatic nitrogens is 2. The summed E-state index contributed by atoms with van der Waals surface area (Å²) in [6, 6.07) is 4.76. The van der Waals surface area contributed by atoms with Gasteiger partial charge in [0.05, 0.1) is 28.0 Å². The van der Waals surface area contributed by atoms with Crippen molar-refractivity contribution in [2.24, 2.45) is 0 Å². The van der Waals surface area contributed by atoms with E-state index in [-0.39, 0.29) is 11.7 Å². The molecule has 8 heteroatoms. The van der Waals surface area contributed by atoms with Crippen molar-refractivity contribution in [2.45, 2.75) is 19.9 Å². The molecule has 6 nitrogen and oxygen atoms in total. The number of amides is 1. The highest BCUT2D eigenvalue weighted by molar-refractivity contribution is 6.42. The Morgan fingerprint density at radius 3 is 2.58 bits per heavy atom. The third-order valence-electron chi connectivity index (χ3n) is 3.15. The molecule has 1 heterocycles. The van der Waals surface area contributed by atoms with E-state index in [2.05, 4.69) is 15.3 Å². The average molecular weight is 368 g/mol. The highest BCUT2D eigenvalue weighted by Crippen LogP contribution is 2.25. The van der Waals surface area contributed by atoms with Crippen LogP contribution in [0.2, 0.25) is 10.0 Å². The number of benzene rings is 1. The van der Waals surface area contributed by atoms with E-state index in [1.165, 1.54) is 12.4 Å².